The minimum Gasteiger partial charge on any atom is -0.491 e. The summed E-state index contributed by atoms with van der Waals surface area (Å²) in [6.45, 7) is 14.4. The molecular weight excluding hydrogens is 308 g/mol. The first-order valence-corrected chi connectivity index (χ1v) is 8.00. The SMILES string of the molecule is [C-]#[N+]CCc1ccc(OCCOCCNC(=O)OC(C)(C)C)cc1. The number of rotatable bonds is 9. The highest BCUT2D eigenvalue weighted by Crippen LogP contribution is 2.12. The third-order valence-corrected chi connectivity index (χ3v) is 2.85. The van der Waals surface area contributed by atoms with Crippen molar-refractivity contribution in [2.75, 3.05) is 32.9 Å². The van der Waals surface area contributed by atoms with Crippen LogP contribution in [0, 0.1) is 6.57 Å². The van der Waals surface area contributed by atoms with Crippen molar-refractivity contribution in [1.82, 2.24) is 5.32 Å². The summed E-state index contributed by atoms with van der Waals surface area (Å²) in [4.78, 5) is 14.7. The molecule has 0 radical (unpaired) electrons. The first-order chi connectivity index (χ1) is 11.4. The van der Waals surface area contributed by atoms with Gasteiger partial charge in [0.1, 0.15) is 18.0 Å². The van der Waals surface area contributed by atoms with Gasteiger partial charge in [0.25, 0.3) is 0 Å². The Morgan fingerprint density at radius 2 is 1.88 bits per heavy atom. The lowest BCUT2D eigenvalue weighted by Crippen LogP contribution is -2.34. The van der Waals surface area contributed by atoms with E-state index in [1.807, 2.05) is 45.0 Å². The monoisotopic (exact) mass is 334 g/mol. The Morgan fingerprint density at radius 1 is 1.17 bits per heavy atom. The molecule has 0 unspecified atom stereocenters. The molecule has 132 valence electrons. The van der Waals surface area contributed by atoms with Crippen LogP contribution in [0.4, 0.5) is 4.79 Å². The molecule has 0 aliphatic heterocycles. The first kappa shape index (κ1) is 19.8. The lowest BCUT2D eigenvalue weighted by molar-refractivity contribution is 0.0489. The van der Waals surface area contributed by atoms with Gasteiger partial charge in [-0.05, 0) is 38.5 Å². The zero-order valence-electron chi connectivity index (χ0n) is 14.6. The Morgan fingerprint density at radius 3 is 2.50 bits per heavy atom. The van der Waals surface area contributed by atoms with Crippen LogP contribution in [0.2, 0.25) is 0 Å². The second-order valence-corrected chi connectivity index (χ2v) is 6.17. The van der Waals surface area contributed by atoms with Crippen molar-refractivity contribution in [3.8, 4) is 5.75 Å². The summed E-state index contributed by atoms with van der Waals surface area (Å²) in [6, 6.07) is 7.71. The van der Waals surface area contributed by atoms with Crippen molar-refractivity contribution >= 4 is 6.09 Å². The van der Waals surface area contributed by atoms with Crippen LogP contribution >= 0.6 is 0 Å². The zero-order valence-corrected chi connectivity index (χ0v) is 14.6. The number of carbonyl (C=O) groups excluding carboxylic acids is 1. The quantitative estimate of drug-likeness (QED) is 0.557. The summed E-state index contributed by atoms with van der Waals surface area (Å²) in [5.74, 6) is 0.775. The van der Waals surface area contributed by atoms with Gasteiger partial charge in [0.15, 0.2) is 0 Å². The largest absolute Gasteiger partial charge is 0.491 e. The third kappa shape index (κ3) is 9.70. The van der Waals surface area contributed by atoms with E-state index in [9.17, 15) is 4.79 Å². The molecule has 1 aromatic rings. The number of benzene rings is 1. The van der Waals surface area contributed by atoms with Crippen LogP contribution in [0.25, 0.3) is 4.85 Å². The van der Waals surface area contributed by atoms with Gasteiger partial charge < -0.3 is 24.4 Å². The lowest BCUT2D eigenvalue weighted by atomic mass is 10.1. The van der Waals surface area contributed by atoms with Crippen LogP contribution in [0.15, 0.2) is 24.3 Å². The summed E-state index contributed by atoms with van der Waals surface area (Å²) in [6.07, 6.45) is 0.318. The van der Waals surface area contributed by atoms with Gasteiger partial charge in [0, 0.05) is 13.0 Å². The third-order valence-electron chi connectivity index (χ3n) is 2.85. The minimum atomic E-state index is -0.496. The first-order valence-electron chi connectivity index (χ1n) is 8.00. The van der Waals surface area contributed by atoms with Gasteiger partial charge in [0.05, 0.1) is 13.2 Å². The van der Waals surface area contributed by atoms with Gasteiger partial charge in [0.2, 0.25) is 6.54 Å². The predicted octanol–water partition coefficient (Wildman–Crippen LogP) is 3.07. The Labute approximate surface area is 143 Å². The predicted molar refractivity (Wildman–Crippen MR) is 92.2 cm³/mol. The minimum absolute atomic E-state index is 0.394. The fourth-order valence-electron chi connectivity index (χ4n) is 1.80. The van der Waals surface area contributed by atoms with E-state index in [1.54, 1.807) is 0 Å². The molecule has 1 rings (SSSR count). The number of nitrogens with one attached hydrogen (secondary N) is 1. The van der Waals surface area contributed by atoms with Crippen molar-refractivity contribution in [3.63, 3.8) is 0 Å². The van der Waals surface area contributed by atoms with E-state index in [0.29, 0.717) is 32.9 Å². The van der Waals surface area contributed by atoms with Crippen LogP contribution in [0.5, 0.6) is 5.75 Å². The molecule has 0 spiro atoms. The molecule has 1 aromatic carbocycles. The van der Waals surface area contributed by atoms with Crippen LogP contribution in [-0.2, 0) is 15.9 Å². The Balaban J connectivity index is 2.06. The number of amides is 1. The standard InChI is InChI=1S/C18H26N2O4/c1-18(2,3)24-17(21)20-11-12-22-13-14-23-16-7-5-15(6-8-16)9-10-19-4/h5-8H,9-14H2,1-3H3,(H,20,21). The maximum absolute atomic E-state index is 11.4. The van der Waals surface area contributed by atoms with E-state index in [1.165, 1.54) is 0 Å². The molecule has 0 saturated heterocycles. The average molecular weight is 334 g/mol. The highest BCUT2D eigenvalue weighted by molar-refractivity contribution is 5.67. The second kappa shape index (κ2) is 10.5. The fraction of sp³-hybridized carbons (Fsp3) is 0.556. The number of nitrogens with zero attached hydrogens (tertiary/aromatic N) is 1. The molecule has 6 nitrogen and oxygen atoms in total. The number of hydrogen-bond donors (Lipinski definition) is 1. The van der Waals surface area contributed by atoms with Crippen molar-refractivity contribution in [2.45, 2.75) is 32.8 Å². The summed E-state index contributed by atoms with van der Waals surface area (Å²) in [7, 11) is 0. The van der Waals surface area contributed by atoms with Crippen LogP contribution in [-0.4, -0.2) is 44.6 Å². The fourth-order valence-corrected chi connectivity index (χ4v) is 1.80. The molecule has 6 heteroatoms. The molecule has 0 atom stereocenters. The molecule has 0 aliphatic rings. The summed E-state index contributed by atoms with van der Waals surface area (Å²) < 4.78 is 16.1. The van der Waals surface area contributed by atoms with Crippen LogP contribution < -0.4 is 10.1 Å². The van der Waals surface area contributed by atoms with E-state index in [-0.39, 0.29) is 0 Å². The zero-order chi connectivity index (χ0) is 17.8. The maximum atomic E-state index is 11.4. The molecule has 0 heterocycles. The molecule has 0 aliphatic carbocycles. The van der Waals surface area contributed by atoms with Gasteiger partial charge in [-0.1, -0.05) is 12.1 Å². The number of alkyl carbamates (subject to hydrolysis) is 1. The normalized spacial score (nSPS) is 10.8. The van der Waals surface area contributed by atoms with Crippen LogP contribution in [0.3, 0.4) is 0 Å². The van der Waals surface area contributed by atoms with Crippen molar-refractivity contribution in [2.24, 2.45) is 0 Å². The second-order valence-electron chi connectivity index (χ2n) is 6.17. The molecule has 0 fully saturated rings. The lowest BCUT2D eigenvalue weighted by Gasteiger charge is -2.19. The van der Waals surface area contributed by atoms with E-state index < -0.39 is 11.7 Å². The summed E-state index contributed by atoms with van der Waals surface area (Å²) in [5, 5.41) is 2.62. The van der Waals surface area contributed by atoms with Gasteiger partial charge in [-0.3, -0.25) is 0 Å². The van der Waals surface area contributed by atoms with E-state index in [0.717, 1.165) is 17.7 Å². The topological polar surface area (TPSA) is 61.2 Å². The number of carbonyl (C=O) groups is 1. The molecule has 0 aromatic heterocycles. The molecule has 0 saturated carbocycles. The smallest absolute Gasteiger partial charge is 0.407 e. The van der Waals surface area contributed by atoms with E-state index in [2.05, 4.69) is 10.2 Å². The Hall–Kier alpha value is -2.26. The highest BCUT2D eigenvalue weighted by atomic mass is 16.6. The van der Waals surface area contributed by atoms with Crippen molar-refractivity contribution in [3.05, 3.63) is 41.2 Å². The van der Waals surface area contributed by atoms with Gasteiger partial charge in [-0.15, -0.1) is 0 Å². The molecule has 1 N–H and O–H groups in total. The molecule has 1 amide bonds. The highest BCUT2D eigenvalue weighted by Gasteiger charge is 2.15. The van der Waals surface area contributed by atoms with E-state index in [4.69, 9.17) is 20.8 Å². The Kier molecular flexibility index (Phi) is 8.66. The molecule has 24 heavy (non-hydrogen) atoms. The van der Waals surface area contributed by atoms with Gasteiger partial charge in [-0.2, -0.15) is 0 Å². The van der Waals surface area contributed by atoms with Gasteiger partial charge in [-0.25, -0.2) is 11.4 Å². The molecule has 0 bridgehead atoms. The summed E-state index contributed by atoms with van der Waals surface area (Å²) >= 11 is 0. The number of ether oxygens (including phenoxy) is 3. The van der Waals surface area contributed by atoms with Crippen LogP contribution in [0.1, 0.15) is 26.3 Å². The van der Waals surface area contributed by atoms with Crippen molar-refractivity contribution in [1.29, 1.82) is 0 Å². The maximum Gasteiger partial charge on any atom is 0.407 e. The molecular formula is C18H26N2O4. The van der Waals surface area contributed by atoms with E-state index >= 15 is 0 Å². The average Bonchev–Trinajstić information content (AvgIpc) is 2.51. The Bertz CT molecular complexity index is 529. The number of hydrogen-bond acceptors (Lipinski definition) is 4. The van der Waals surface area contributed by atoms with Gasteiger partial charge >= 0.3 is 6.09 Å². The summed E-state index contributed by atoms with van der Waals surface area (Å²) in [5.41, 5.74) is 0.632. The van der Waals surface area contributed by atoms with Crippen molar-refractivity contribution < 1.29 is 19.0 Å².